The first-order valence-electron chi connectivity index (χ1n) is 5.70. The Bertz CT molecular complexity index is 578. The van der Waals surface area contributed by atoms with E-state index < -0.39 is 0 Å². The Labute approximate surface area is 110 Å². The van der Waals surface area contributed by atoms with Crippen molar-refractivity contribution in [1.29, 1.82) is 0 Å². The molecule has 4 nitrogen and oxygen atoms in total. The van der Waals surface area contributed by atoms with Gasteiger partial charge in [-0.2, -0.15) is 0 Å². The summed E-state index contributed by atoms with van der Waals surface area (Å²) in [6.45, 7) is 1.02. The maximum absolute atomic E-state index is 11.2. The quantitative estimate of drug-likeness (QED) is 0.864. The van der Waals surface area contributed by atoms with Crippen LogP contribution in [0.5, 0.6) is 0 Å². The average Bonchev–Trinajstić information content (AvgIpc) is 2.73. The number of nitrogens with two attached hydrogens (primary N) is 1. The zero-order valence-electron chi connectivity index (χ0n) is 10.1. The molecule has 2 N–H and O–H groups in total. The van der Waals surface area contributed by atoms with E-state index in [9.17, 15) is 4.79 Å². The number of nitrogens with zero attached hydrogens (tertiary/aromatic N) is 1. The van der Waals surface area contributed by atoms with E-state index in [0.29, 0.717) is 24.5 Å². The third kappa shape index (κ3) is 2.49. The molecule has 0 atom stereocenters. The molecular formula is C13H15ClN2O2. The molecule has 1 aromatic heterocycles. The number of hydrogen-bond donors (Lipinski definition) is 1. The van der Waals surface area contributed by atoms with Crippen molar-refractivity contribution in [2.75, 3.05) is 7.11 Å². The van der Waals surface area contributed by atoms with Crippen LogP contribution in [0.25, 0.3) is 10.9 Å². The number of fused-ring (bicyclic) bond motifs is 1. The highest BCUT2D eigenvalue weighted by molar-refractivity contribution is 6.31. The number of carbonyl (C=O) groups is 1. The molecule has 0 unspecified atom stereocenters. The molecule has 5 heteroatoms. The van der Waals surface area contributed by atoms with Gasteiger partial charge in [-0.15, -0.1) is 0 Å². The molecule has 96 valence electrons. The zero-order chi connectivity index (χ0) is 13.1. The summed E-state index contributed by atoms with van der Waals surface area (Å²) in [5.74, 6) is -0.229. The van der Waals surface area contributed by atoms with Crippen LogP contribution < -0.4 is 5.73 Å². The van der Waals surface area contributed by atoms with Crippen LogP contribution >= 0.6 is 11.6 Å². The lowest BCUT2D eigenvalue weighted by atomic mass is 10.2. The van der Waals surface area contributed by atoms with Crippen LogP contribution in [0.2, 0.25) is 5.02 Å². The molecule has 0 aliphatic heterocycles. The van der Waals surface area contributed by atoms with Crippen molar-refractivity contribution in [3.8, 4) is 0 Å². The first-order chi connectivity index (χ1) is 8.65. The molecule has 0 fully saturated rings. The number of benzene rings is 1. The van der Waals surface area contributed by atoms with Gasteiger partial charge in [0.1, 0.15) is 0 Å². The number of aryl methyl sites for hydroxylation is 1. The molecule has 0 amide bonds. The van der Waals surface area contributed by atoms with Crippen molar-refractivity contribution in [3.05, 3.63) is 35.0 Å². The Morgan fingerprint density at radius 2 is 2.28 bits per heavy atom. The Morgan fingerprint density at radius 1 is 1.50 bits per heavy atom. The zero-order valence-corrected chi connectivity index (χ0v) is 10.9. The first-order valence-corrected chi connectivity index (χ1v) is 6.07. The number of esters is 1. The third-order valence-electron chi connectivity index (χ3n) is 2.93. The van der Waals surface area contributed by atoms with Crippen LogP contribution in [0.1, 0.15) is 12.0 Å². The monoisotopic (exact) mass is 266 g/mol. The summed E-state index contributed by atoms with van der Waals surface area (Å²) in [5.41, 5.74) is 7.75. The van der Waals surface area contributed by atoms with Crippen molar-refractivity contribution in [2.24, 2.45) is 5.73 Å². The van der Waals surface area contributed by atoms with Crippen LogP contribution in [0, 0.1) is 0 Å². The number of ether oxygens (including phenoxy) is 1. The summed E-state index contributed by atoms with van der Waals surface area (Å²) < 4.78 is 6.62. The highest BCUT2D eigenvalue weighted by atomic mass is 35.5. The van der Waals surface area contributed by atoms with Gasteiger partial charge in [0, 0.05) is 35.2 Å². The summed E-state index contributed by atoms with van der Waals surface area (Å²) in [7, 11) is 1.39. The number of carbonyl (C=O) groups excluding carboxylic acids is 1. The Hall–Kier alpha value is -1.52. The summed E-state index contributed by atoms with van der Waals surface area (Å²) in [4.78, 5) is 11.2. The van der Waals surface area contributed by atoms with Gasteiger partial charge in [0.25, 0.3) is 0 Å². The number of hydrogen-bond acceptors (Lipinski definition) is 3. The smallest absolute Gasteiger partial charge is 0.307 e. The van der Waals surface area contributed by atoms with Gasteiger partial charge >= 0.3 is 5.97 Å². The number of methoxy groups -OCH3 is 1. The summed E-state index contributed by atoms with van der Waals surface area (Å²) in [6, 6.07) is 5.68. The Morgan fingerprint density at radius 3 is 2.94 bits per heavy atom. The lowest BCUT2D eigenvalue weighted by Gasteiger charge is -2.04. The largest absolute Gasteiger partial charge is 0.469 e. The number of aromatic nitrogens is 1. The lowest BCUT2D eigenvalue weighted by Crippen LogP contribution is -2.06. The van der Waals surface area contributed by atoms with Crippen molar-refractivity contribution in [3.63, 3.8) is 0 Å². The van der Waals surface area contributed by atoms with Gasteiger partial charge < -0.3 is 15.0 Å². The van der Waals surface area contributed by atoms with E-state index >= 15 is 0 Å². The minimum absolute atomic E-state index is 0.229. The van der Waals surface area contributed by atoms with E-state index in [1.807, 2.05) is 29.0 Å². The minimum atomic E-state index is -0.229. The summed E-state index contributed by atoms with van der Waals surface area (Å²) in [6.07, 6.45) is 2.29. The van der Waals surface area contributed by atoms with Gasteiger partial charge in [-0.25, -0.2) is 0 Å². The van der Waals surface area contributed by atoms with Crippen LogP contribution in [0.4, 0.5) is 0 Å². The second-order valence-corrected chi connectivity index (χ2v) is 4.48. The molecule has 0 radical (unpaired) electrons. The summed E-state index contributed by atoms with van der Waals surface area (Å²) in [5, 5.41) is 1.75. The average molecular weight is 267 g/mol. The predicted octanol–water partition coefficient (Wildman–Crippen LogP) is 2.32. The third-order valence-corrected chi connectivity index (χ3v) is 3.17. The van der Waals surface area contributed by atoms with E-state index in [0.717, 1.165) is 16.5 Å². The van der Waals surface area contributed by atoms with E-state index in [1.54, 1.807) is 0 Å². The molecule has 1 aromatic carbocycles. The molecule has 0 spiro atoms. The van der Waals surface area contributed by atoms with Crippen molar-refractivity contribution < 1.29 is 9.53 Å². The maximum Gasteiger partial charge on any atom is 0.307 e. The topological polar surface area (TPSA) is 57.2 Å². The van der Waals surface area contributed by atoms with E-state index in [-0.39, 0.29) is 5.97 Å². The van der Waals surface area contributed by atoms with Crippen molar-refractivity contribution in [2.45, 2.75) is 19.5 Å². The van der Waals surface area contributed by atoms with E-state index in [4.69, 9.17) is 17.3 Å². The van der Waals surface area contributed by atoms with Gasteiger partial charge in [0.2, 0.25) is 0 Å². The fourth-order valence-corrected chi connectivity index (χ4v) is 2.17. The highest BCUT2D eigenvalue weighted by Crippen LogP contribution is 2.24. The van der Waals surface area contributed by atoms with E-state index in [1.165, 1.54) is 7.11 Å². The molecule has 0 aliphatic rings. The molecular weight excluding hydrogens is 252 g/mol. The van der Waals surface area contributed by atoms with Crippen molar-refractivity contribution >= 4 is 28.5 Å². The fourth-order valence-electron chi connectivity index (χ4n) is 2.00. The van der Waals surface area contributed by atoms with Crippen molar-refractivity contribution in [1.82, 2.24) is 4.57 Å². The molecule has 0 saturated carbocycles. The van der Waals surface area contributed by atoms with Crippen LogP contribution in [-0.2, 0) is 22.6 Å². The van der Waals surface area contributed by atoms with Crippen LogP contribution in [0.15, 0.2) is 24.4 Å². The molecule has 0 bridgehead atoms. The van der Waals surface area contributed by atoms with Gasteiger partial charge in [-0.1, -0.05) is 17.7 Å². The molecule has 18 heavy (non-hydrogen) atoms. The fraction of sp³-hybridized carbons (Fsp3) is 0.308. The second-order valence-electron chi connectivity index (χ2n) is 4.04. The summed E-state index contributed by atoms with van der Waals surface area (Å²) >= 11 is 6.00. The van der Waals surface area contributed by atoms with Crippen LogP contribution in [-0.4, -0.2) is 17.6 Å². The Kier molecular flexibility index (Phi) is 3.89. The SMILES string of the molecule is COC(=O)CCn1cc(CN)c2ccc(Cl)cc21. The highest BCUT2D eigenvalue weighted by Gasteiger charge is 2.09. The molecule has 0 aliphatic carbocycles. The van der Waals surface area contributed by atoms with Gasteiger partial charge in [-0.3, -0.25) is 4.79 Å². The Balaban J connectivity index is 2.37. The van der Waals surface area contributed by atoms with Gasteiger partial charge in [0.05, 0.1) is 13.5 Å². The van der Waals surface area contributed by atoms with Crippen LogP contribution in [0.3, 0.4) is 0 Å². The minimum Gasteiger partial charge on any atom is -0.469 e. The molecule has 1 heterocycles. The maximum atomic E-state index is 11.2. The van der Waals surface area contributed by atoms with E-state index in [2.05, 4.69) is 4.74 Å². The standard InChI is InChI=1S/C13H15ClN2O2/c1-18-13(17)4-5-16-8-9(7-15)11-3-2-10(14)6-12(11)16/h2-3,6,8H,4-5,7,15H2,1H3. The second kappa shape index (κ2) is 5.42. The van der Waals surface area contributed by atoms with Gasteiger partial charge in [0.15, 0.2) is 0 Å². The number of halogens is 1. The lowest BCUT2D eigenvalue weighted by molar-refractivity contribution is -0.140. The molecule has 2 rings (SSSR count). The van der Waals surface area contributed by atoms with Gasteiger partial charge in [-0.05, 0) is 17.7 Å². The normalized spacial score (nSPS) is 10.8. The molecule has 2 aromatic rings. The first kappa shape index (κ1) is 12.9. The molecule has 0 saturated heterocycles. The predicted molar refractivity (Wildman–Crippen MR) is 71.5 cm³/mol. The number of rotatable bonds is 4.